The number of fused-ring (bicyclic) bond motifs is 2. The Bertz CT molecular complexity index is 4090. The molecule has 8 heterocycles. The maximum atomic E-state index is 17.0. The predicted molar refractivity (Wildman–Crippen MR) is 354 cm³/mol. The quantitative estimate of drug-likeness (QED) is 0.0605. The zero-order valence-electron chi connectivity index (χ0n) is 55.4. The van der Waals surface area contributed by atoms with Crippen LogP contribution in [-0.4, -0.2) is 165 Å². The Morgan fingerprint density at radius 1 is 0.884 bits per heavy atom. The number of ether oxygens (including phenoxy) is 5. The van der Waals surface area contributed by atoms with E-state index >= 15 is 4.39 Å². The molecular formula is C71H86FN13O10. The molecule has 5 fully saturated rings. The first-order chi connectivity index (χ1) is 45.8. The van der Waals surface area contributed by atoms with E-state index in [1.807, 2.05) is 119 Å². The van der Waals surface area contributed by atoms with Gasteiger partial charge in [0, 0.05) is 98.6 Å². The third kappa shape index (κ3) is 13.6. The van der Waals surface area contributed by atoms with Crippen LogP contribution in [0.25, 0.3) is 55.4 Å². The number of likely N-dealkylation sites (tertiary alicyclic amines) is 2. The average Bonchev–Trinajstić information content (AvgIpc) is 1.71. The molecule has 4 aromatic carbocycles. The highest BCUT2D eigenvalue weighted by molar-refractivity contribution is 6.06. The highest BCUT2D eigenvalue weighted by Crippen LogP contribution is 2.54. The van der Waals surface area contributed by atoms with Gasteiger partial charge in [-0.25, -0.2) is 18.5 Å². The lowest BCUT2D eigenvalue weighted by Gasteiger charge is -2.30. The predicted octanol–water partition coefficient (Wildman–Crippen LogP) is 10.4. The molecule has 7 atom stereocenters. The van der Waals surface area contributed by atoms with E-state index in [9.17, 15) is 24.6 Å². The van der Waals surface area contributed by atoms with Gasteiger partial charge in [0.2, 0.25) is 11.8 Å². The summed E-state index contributed by atoms with van der Waals surface area (Å²) in [5.74, 6) is -0.446. The number of hydrogen-bond acceptors (Lipinski definition) is 17. The van der Waals surface area contributed by atoms with E-state index in [2.05, 4.69) is 31.7 Å². The first-order valence-electron chi connectivity index (χ1n) is 33.6. The number of carbonyl (C=O) groups excluding carboxylic acids is 3. The molecule has 4 saturated heterocycles. The van der Waals surface area contributed by atoms with Gasteiger partial charge in [-0.15, -0.1) is 5.10 Å². The summed E-state index contributed by atoms with van der Waals surface area (Å²) in [5, 5.41) is 44.3. The summed E-state index contributed by atoms with van der Waals surface area (Å²) in [6.45, 7) is 15.9. The van der Waals surface area contributed by atoms with Crippen molar-refractivity contribution in [1.29, 1.82) is 0 Å². The molecule has 0 radical (unpaired) electrons. The molecule has 3 N–H and O–H groups in total. The van der Waals surface area contributed by atoms with Crippen LogP contribution in [0.5, 0.6) is 11.8 Å². The number of β-amino-alcohol motifs (C(OH)–C–C–N with tert-alkyl or cyclic N) is 1. The molecule has 1 aliphatic carbocycles. The summed E-state index contributed by atoms with van der Waals surface area (Å²) in [6, 6.07) is 18.2. The largest absolute Gasteiger partial charge is 0.486 e. The molecule has 5 aliphatic rings. The number of hydrogen-bond donors (Lipinski definition) is 3. The smallest absolute Gasteiger partial charge is 0.410 e. The first kappa shape index (κ1) is 65.1. The second kappa shape index (κ2) is 27.3. The maximum Gasteiger partial charge on any atom is 0.410 e. The standard InChI is InChI=1S/C71H86FN13O10/c1-9-83-57(25-27-73-83)47-23-21-46(22-24-47)56(38-86)75-67(88)59-31-49(87)36-82(59)68(89)64(41(2)3)84-37-55(78-79-84)45-17-15-43(16-18-45)39-93-65-62(61-42(4)54(72)33-58-53(61)34-74-85(58)60-14-10-11-29-92-60)51(44-19-20-44)32-52-63(65)76-69(94-40-50-13-12-30-91-50)77-66(52)80(8)48-26-28-81(35-48)70(90)95-71(5,6)7/h15-18,21-25,27,32-34,37,41,44,48-50,56,59-60,64,86-87H,9-14,19-20,26,28-31,35-36,38-40H2,1-8H3,(H,75,88)/t48-,49+,50-,56-,59-,60?,64-/m0/s1. The molecule has 13 rings (SSSR count). The molecule has 4 aromatic heterocycles. The minimum Gasteiger partial charge on any atom is -0.486 e. The van der Waals surface area contributed by atoms with E-state index in [1.165, 1.54) is 9.58 Å². The molecule has 24 heteroatoms. The molecule has 0 spiro atoms. The third-order valence-electron chi connectivity index (χ3n) is 19.2. The van der Waals surface area contributed by atoms with Crippen molar-refractivity contribution < 1.29 is 52.7 Å². The van der Waals surface area contributed by atoms with Gasteiger partial charge in [0.25, 0.3) is 0 Å². The van der Waals surface area contributed by atoms with Crippen molar-refractivity contribution in [1.82, 2.24) is 59.6 Å². The fourth-order valence-electron chi connectivity index (χ4n) is 13.9. The fourth-order valence-corrected chi connectivity index (χ4v) is 13.9. The second-order valence-electron chi connectivity index (χ2n) is 27.3. The number of aliphatic hydroxyl groups excluding tert-OH is 2. The maximum absolute atomic E-state index is 17.0. The molecule has 3 amide bonds. The monoisotopic (exact) mass is 1300 g/mol. The number of rotatable bonds is 21. The third-order valence-corrected chi connectivity index (χ3v) is 19.2. The molecular weight excluding hydrogens is 1210 g/mol. The van der Waals surface area contributed by atoms with Gasteiger partial charge in [0.1, 0.15) is 53.7 Å². The van der Waals surface area contributed by atoms with Crippen LogP contribution in [0.1, 0.15) is 146 Å². The molecule has 95 heavy (non-hydrogen) atoms. The summed E-state index contributed by atoms with van der Waals surface area (Å²) in [4.78, 5) is 58.1. The number of benzene rings is 4. The number of aliphatic hydroxyl groups is 2. The van der Waals surface area contributed by atoms with Gasteiger partial charge < -0.3 is 53.9 Å². The number of aryl methyl sites for hydroxylation is 1. The van der Waals surface area contributed by atoms with Crippen LogP contribution in [0.2, 0.25) is 0 Å². The summed E-state index contributed by atoms with van der Waals surface area (Å²) >= 11 is 0. The van der Waals surface area contributed by atoms with Crippen LogP contribution in [0.15, 0.2) is 85.3 Å². The van der Waals surface area contributed by atoms with Crippen molar-refractivity contribution in [3.8, 4) is 45.4 Å². The van der Waals surface area contributed by atoms with Crippen molar-refractivity contribution in [2.75, 3.05) is 58.0 Å². The Balaban J connectivity index is 0.813. The van der Waals surface area contributed by atoms with E-state index < -0.39 is 41.6 Å². The lowest BCUT2D eigenvalue weighted by atomic mass is 9.88. The van der Waals surface area contributed by atoms with E-state index in [0.717, 1.165) is 72.7 Å². The Hall–Kier alpha value is -8.58. The van der Waals surface area contributed by atoms with Gasteiger partial charge >= 0.3 is 12.1 Å². The van der Waals surface area contributed by atoms with E-state index in [4.69, 9.17) is 38.8 Å². The molecule has 0 bridgehead atoms. The van der Waals surface area contributed by atoms with Gasteiger partial charge in [-0.1, -0.05) is 67.6 Å². The van der Waals surface area contributed by atoms with Crippen LogP contribution < -0.4 is 19.7 Å². The summed E-state index contributed by atoms with van der Waals surface area (Å²) in [6.07, 6.45) is 10.4. The molecule has 502 valence electrons. The molecule has 1 unspecified atom stereocenters. The van der Waals surface area contributed by atoms with Gasteiger partial charge in [0.05, 0.1) is 48.5 Å². The van der Waals surface area contributed by atoms with Crippen LogP contribution in [0, 0.1) is 18.7 Å². The van der Waals surface area contributed by atoms with E-state index in [1.54, 1.807) is 30.3 Å². The van der Waals surface area contributed by atoms with Crippen LogP contribution in [0.3, 0.4) is 0 Å². The number of carbonyl (C=O) groups is 3. The lowest BCUT2D eigenvalue weighted by Crippen LogP contribution is -2.50. The van der Waals surface area contributed by atoms with Crippen molar-refractivity contribution in [2.45, 2.75) is 174 Å². The summed E-state index contributed by atoms with van der Waals surface area (Å²) in [5.41, 5.74) is 7.77. The van der Waals surface area contributed by atoms with E-state index in [0.29, 0.717) is 101 Å². The van der Waals surface area contributed by atoms with Crippen molar-refractivity contribution in [3.63, 3.8) is 0 Å². The number of amides is 3. The fraction of sp³-hybridized carbons (Fsp3) is 0.507. The number of nitrogens with zero attached hydrogens (tertiary/aromatic N) is 12. The van der Waals surface area contributed by atoms with E-state index in [-0.39, 0.29) is 80.9 Å². The van der Waals surface area contributed by atoms with Gasteiger partial charge in [-0.3, -0.25) is 14.3 Å². The molecule has 8 aromatic rings. The average molecular weight is 1300 g/mol. The van der Waals surface area contributed by atoms with Crippen LogP contribution in [0.4, 0.5) is 15.0 Å². The zero-order chi connectivity index (χ0) is 66.4. The SMILES string of the molecule is CCn1nccc1-c1ccc([C@H](CO)NC(=O)[C@@H]2C[C@@H](O)CN2C(=O)[C@H](C(C)C)n2cc(-c3ccc(COc4c(-c5c(C)c(F)cc6c5cnn6C5CCCCO5)c(C5CC5)cc5c(N(C)[C@H]6CCN(C(=O)OC(C)(C)C)C6)nc(OC[C@@H]6CCCO6)nc45)cc3)nn2)cc1. The highest BCUT2D eigenvalue weighted by atomic mass is 19.1. The van der Waals surface area contributed by atoms with Crippen LogP contribution in [-0.2, 0) is 37.0 Å². The van der Waals surface area contributed by atoms with Gasteiger partial charge in [0.15, 0.2) is 12.0 Å². The van der Waals surface area contributed by atoms with Crippen LogP contribution >= 0.6 is 0 Å². The van der Waals surface area contributed by atoms with Crippen molar-refractivity contribution in [2.24, 2.45) is 5.92 Å². The normalized spacial score (nSPS) is 20.7. The Labute approximate surface area is 551 Å². The van der Waals surface area contributed by atoms with Gasteiger partial charge in [-0.2, -0.15) is 20.2 Å². The minimum atomic E-state index is -1.01. The number of anilines is 1. The lowest BCUT2D eigenvalue weighted by molar-refractivity contribution is -0.142. The summed E-state index contributed by atoms with van der Waals surface area (Å²) < 4.78 is 54.1. The van der Waals surface area contributed by atoms with Gasteiger partial charge in [-0.05, 0) is 138 Å². The summed E-state index contributed by atoms with van der Waals surface area (Å²) in [7, 11) is 1.99. The molecule has 1 saturated carbocycles. The van der Waals surface area contributed by atoms with Crippen molar-refractivity contribution in [3.05, 3.63) is 113 Å². The topological polar surface area (TPSA) is 252 Å². The Kier molecular flexibility index (Phi) is 18.7. The molecule has 23 nitrogen and oxygen atoms in total. The van der Waals surface area contributed by atoms with Crippen molar-refractivity contribution >= 4 is 45.5 Å². The first-order valence-corrected chi connectivity index (χ1v) is 33.6. The Morgan fingerprint density at radius 3 is 2.37 bits per heavy atom. The Morgan fingerprint density at radius 2 is 1.66 bits per heavy atom. The number of nitrogens with one attached hydrogen (secondary N) is 1. The second-order valence-corrected chi connectivity index (χ2v) is 27.3. The minimum absolute atomic E-state index is 0.0225. The molecule has 4 aliphatic heterocycles. The number of likely N-dealkylation sites (N-methyl/N-ethyl adjacent to an activating group) is 1. The number of halogens is 1. The number of aromatic nitrogens is 9. The highest BCUT2D eigenvalue weighted by Gasteiger charge is 2.44. The zero-order valence-corrected chi connectivity index (χ0v) is 55.4.